The lowest BCUT2D eigenvalue weighted by atomic mass is 10.2. The smallest absolute Gasteiger partial charge is 0.137 e. The number of pyridine rings is 1. The van der Waals surface area contributed by atoms with Crippen molar-refractivity contribution in [1.29, 1.82) is 0 Å². The van der Waals surface area contributed by atoms with E-state index < -0.39 is 0 Å². The molecule has 1 aromatic carbocycles. The molecule has 0 aliphatic rings. The minimum atomic E-state index is 0.618. The molecule has 0 radical (unpaired) electrons. The highest BCUT2D eigenvalue weighted by Crippen LogP contribution is 2.24. The van der Waals surface area contributed by atoms with E-state index in [2.05, 4.69) is 15.3 Å². The summed E-state index contributed by atoms with van der Waals surface area (Å²) >= 11 is 0. The molecule has 0 aliphatic carbocycles. The number of benzene rings is 1. The molecule has 6 heteroatoms. The third kappa shape index (κ3) is 3.42. The summed E-state index contributed by atoms with van der Waals surface area (Å²) in [6.07, 6.45) is 7.10. The van der Waals surface area contributed by atoms with E-state index in [-0.39, 0.29) is 0 Å². The molecule has 1 N–H and O–H groups in total. The fourth-order valence-electron chi connectivity index (χ4n) is 2.26. The Hall–Kier alpha value is -3.02. The molecule has 0 fully saturated rings. The minimum Gasteiger partial charge on any atom is -0.497 e. The number of nitrogens with zero attached hydrogens (tertiary/aromatic N) is 3. The molecule has 23 heavy (non-hydrogen) atoms. The summed E-state index contributed by atoms with van der Waals surface area (Å²) in [4.78, 5) is 8.43. The molecule has 0 atom stereocenters. The Morgan fingerprint density at radius 2 is 2.04 bits per heavy atom. The minimum absolute atomic E-state index is 0.618. The van der Waals surface area contributed by atoms with Crippen molar-refractivity contribution >= 4 is 5.69 Å². The molecule has 3 aromatic rings. The zero-order valence-electron chi connectivity index (χ0n) is 13.1. The number of hydrogen-bond acceptors (Lipinski definition) is 5. The van der Waals surface area contributed by atoms with Gasteiger partial charge in [0.05, 0.1) is 26.1 Å². The van der Waals surface area contributed by atoms with Crippen molar-refractivity contribution < 1.29 is 9.47 Å². The van der Waals surface area contributed by atoms with Crippen LogP contribution in [0.4, 0.5) is 5.69 Å². The first-order chi connectivity index (χ1) is 11.3. The second-order valence-electron chi connectivity index (χ2n) is 4.91. The first-order valence-corrected chi connectivity index (χ1v) is 7.19. The number of rotatable bonds is 6. The topological polar surface area (TPSA) is 61.2 Å². The van der Waals surface area contributed by atoms with Crippen LogP contribution >= 0.6 is 0 Å². The number of anilines is 1. The summed E-state index contributed by atoms with van der Waals surface area (Å²) in [5.74, 6) is 2.45. The summed E-state index contributed by atoms with van der Waals surface area (Å²) in [5.41, 5.74) is 1.95. The first-order valence-electron chi connectivity index (χ1n) is 7.19. The Bertz CT molecular complexity index is 755. The monoisotopic (exact) mass is 310 g/mol. The van der Waals surface area contributed by atoms with Crippen molar-refractivity contribution in [3.63, 3.8) is 0 Å². The van der Waals surface area contributed by atoms with Crippen LogP contribution in [0.3, 0.4) is 0 Å². The fourth-order valence-corrected chi connectivity index (χ4v) is 2.26. The normalized spacial score (nSPS) is 10.3. The van der Waals surface area contributed by atoms with E-state index in [1.165, 1.54) is 0 Å². The van der Waals surface area contributed by atoms with Gasteiger partial charge in [-0.1, -0.05) is 0 Å². The van der Waals surface area contributed by atoms with Crippen LogP contribution < -0.4 is 14.8 Å². The van der Waals surface area contributed by atoms with Crippen molar-refractivity contribution in [2.75, 3.05) is 19.5 Å². The zero-order valence-corrected chi connectivity index (χ0v) is 13.1. The highest BCUT2D eigenvalue weighted by molar-refractivity contribution is 5.47. The molecule has 0 bridgehead atoms. The largest absolute Gasteiger partial charge is 0.497 e. The number of nitrogens with one attached hydrogen (secondary N) is 1. The highest BCUT2D eigenvalue weighted by Gasteiger charge is 2.05. The van der Waals surface area contributed by atoms with E-state index in [1.54, 1.807) is 32.9 Å². The van der Waals surface area contributed by atoms with Gasteiger partial charge in [-0.3, -0.25) is 4.57 Å². The predicted molar refractivity (Wildman–Crippen MR) is 88.2 cm³/mol. The van der Waals surface area contributed by atoms with Gasteiger partial charge in [0, 0.05) is 24.5 Å². The predicted octanol–water partition coefficient (Wildman–Crippen LogP) is 2.90. The van der Waals surface area contributed by atoms with Crippen LogP contribution in [0.15, 0.2) is 55.2 Å². The Balaban J connectivity index is 1.71. The molecule has 118 valence electrons. The van der Waals surface area contributed by atoms with Gasteiger partial charge in [0.25, 0.3) is 0 Å². The molecule has 3 rings (SSSR count). The summed E-state index contributed by atoms with van der Waals surface area (Å²) in [6, 6.07) is 9.65. The Labute approximate surface area is 134 Å². The quantitative estimate of drug-likeness (QED) is 0.758. The van der Waals surface area contributed by atoms with E-state index in [4.69, 9.17) is 9.47 Å². The molecule has 2 heterocycles. The second-order valence-corrected chi connectivity index (χ2v) is 4.91. The van der Waals surface area contributed by atoms with Gasteiger partial charge in [-0.15, -0.1) is 0 Å². The summed E-state index contributed by atoms with van der Waals surface area (Å²) in [7, 11) is 3.31. The van der Waals surface area contributed by atoms with Gasteiger partial charge < -0.3 is 14.8 Å². The molecule has 0 unspecified atom stereocenters. The molecule has 0 saturated heterocycles. The van der Waals surface area contributed by atoms with E-state index in [0.29, 0.717) is 6.54 Å². The van der Waals surface area contributed by atoms with E-state index in [0.717, 1.165) is 28.6 Å². The van der Waals surface area contributed by atoms with E-state index in [9.17, 15) is 0 Å². The van der Waals surface area contributed by atoms with E-state index in [1.807, 2.05) is 41.1 Å². The van der Waals surface area contributed by atoms with Crippen LogP contribution in [0.1, 0.15) is 5.56 Å². The molecule has 0 spiro atoms. The molecule has 0 aliphatic heterocycles. The van der Waals surface area contributed by atoms with Gasteiger partial charge in [0.1, 0.15) is 23.6 Å². The molecule has 0 amide bonds. The summed E-state index contributed by atoms with van der Waals surface area (Å²) in [5, 5.41) is 3.34. The van der Waals surface area contributed by atoms with Crippen molar-refractivity contribution in [2.24, 2.45) is 0 Å². The van der Waals surface area contributed by atoms with Crippen LogP contribution in [0.5, 0.6) is 11.5 Å². The molecule has 0 saturated carbocycles. The maximum absolute atomic E-state index is 5.38. The number of methoxy groups -OCH3 is 2. The highest BCUT2D eigenvalue weighted by atomic mass is 16.5. The zero-order chi connectivity index (χ0) is 16.1. The van der Waals surface area contributed by atoms with Crippen molar-refractivity contribution in [2.45, 2.75) is 6.54 Å². The maximum Gasteiger partial charge on any atom is 0.137 e. The third-order valence-electron chi connectivity index (χ3n) is 3.49. The lowest BCUT2D eigenvalue weighted by molar-refractivity contribution is 0.399. The lowest BCUT2D eigenvalue weighted by Gasteiger charge is -2.12. The van der Waals surface area contributed by atoms with Crippen LogP contribution in [0, 0.1) is 0 Å². The number of hydrogen-bond donors (Lipinski definition) is 1. The van der Waals surface area contributed by atoms with Gasteiger partial charge in [-0.2, -0.15) is 0 Å². The van der Waals surface area contributed by atoms with Gasteiger partial charge in [0.2, 0.25) is 0 Å². The van der Waals surface area contributed by atoms with Gasteiger partial charge in [0.15, 0.2) is 0 Å². The molecular weight excluding hydrogens is 292 g/mol. The van der Waals surface area contributed by atoms with Crippen LogP contribution in [0.25, 0.3) is 5.82 Å². The van der Waals surface area contributed by atoms with Crippen LogP contribution in [0.2, 0.25) is 0 Å². The first kappa shape index (κ1) is 14.9. The second kappa shape index (κ2) is 6.83. The summed E-state index contributed by atoms with van der Waals surface area (Å²) < 4.78 is 12.5. The third-order valence-corrected chi connectivity index (χ3v) is 3.49. The standard InChI is InChI=1S/C17H18N4O2/c1-22-15-4-5-16(23-2)13(9-15)10-19-14-3-6-17(20-11-14)21-8-7-18-12-21/h3-9,11-12,19H,10H2,1-2H3. The van der Waals surface area contributed by atoms with Crippen molar-refractivity contribution in [3.05, 3.63) is 60.8 Å². The number of aromatic nitrogens is 3. The van der Waals surface area contributed by atoms with Crippen LogP contribution in [-0.4, -0.2) is 28.8 Å². The van der Waals surface area contributed by atoms with E-state index >= 15 is 0 Å². The fraction of sp³-hybridized carbons (Fsp3) is 0.176. The number of imidazole rings is 1. The lowest BCUT2D eigenvalue weighted by Crippen LogP contribution is -2.03. The SMILES string of the molecule is COc1ccc(OC)c(CNc2ccc(-n3ccnc3)nc2)c1. The Morgan fingerprint density at radius 3 is 2.70 bits per heavy atom. The molecular formula is C17H18N4O2. The Morgan fingerprint density at radius 1 is 1.13 bits per heavy atom. The summed E-state index contributed by atoms with van der Waals surface area (Å²) in [6.45, 7) is 0.618. The van der Waals surface area contributed by atoms with Crippen molar-refractivity contribution in [1.82, 2.24) is 14.5 Å². The average Bonchev–Trinajstić information content (AvgIpc) is 3.14. The van der Waals surface area contributed by atoms with Gasteiger partial charge in [-0.25, -0.2) is 9.97 Å². The maximum atomic E-state index is 5.38. The van der Waals surface area contributed by atoms with Crippen LogP contribution in [-0.2, 0) is 6.54 Å². The average molecular weight is 310 g/mol. The Kier molecular flexibility index (Phi) is 4.42. The molecule has 2 aromatic heterocycles. The van der Waals surface area contributed by atoms with Gasteiger partial charge >= 0.3 is 0 Å². The van der Waals surface area contributed by atoms with Gasteiger partial charge in [-0.05, 0) is 30.3 Å². The van der Waals surface area contributed by atoms with Crippen molar-refractivity contribution in [3.8, 4) is 17.3 Å². The molecule has 6 nitrogen and oxygen atoms in total. The number of ether oxygens (including phenoxy) is 2.